The summed E-state index contributed by atoms with van der Waals surface area (Å²) in [5.41, 5.74) is 5.25. The van der Waals surface area contributed by atoms with Gasteiger partial charge in [0, 0.05) is 26.2 Å². The molecule has 0 unspecified atom stereocenters. The molecule has 3 N–H and O–H groups in total. The molecule has 0 bridgehead atoms. The van der Waals surface area contributed by atoms with Gasteiger partial charge >= 0.3 is 6.03 Å². The van der Waals surface area contributed by atoms with Crippen molar-refractivity contribution in [2.45, 2.75) is 0 Å². The molecule has 1 saturated heterocycles. The number of nitrogens with one attached hydrogen (secondary N) is 1. The Morgan fingerprint density at radius 1 is 1.40 bits per heavy atom. The Kier molecular flexibility index (Phi) is 6.06. The van der Waals surface area contributed by atoms with E-state index < -0.39 is 0 Å². The van der Waals surface area contributed by atoms with Crippen molar-refractivity contribution in [3.63, 3.8) is 0 Å². The number of urea groups is 1. The molecule has 0 aromatic heterocycles. The van der Waals surface area contributed by atoms with E-state index in [1.54, 1.807) is 4.90 Å². The number of nitrogens with two attached hydrogens (primary N) is 1. The van der Waals surface area contributed by atoms with Gasteiger partial charge in [-0.1, -0.05) is 0 Å². The molecule has 0 aliphatic carbocycles. The molecule has 0 spiro atoms. The Hall–Kier alpha value is -0.850. The number of amides is 2. The van der Waals surface area contributed by atoms with Crippen LogP contribution in [0.3, 0.4) is 0 Å². The van der Waals surface area contributed by atoms with Crippen LogP contribution in [0.1, 0.15) is 0 Å². The highest BCUT2D eigenvalue weighted by atomic mass is 16.5. The zero-order valence-corrected chi connectivity index (χ0v) is 8.91. The summed E-state index contributed by atoms with van der Waals surface area (Å²) in [6.07, 6.45) is 0. The molecule has 0 atom stereocenters. The van der Waals surface area contributed by atoms with Crippen molar-refractivity contribution in [3.05, 3.63) is 0 Å². The highest BCUT2D eigenvalue weighted by molar-refractivity contribution is 5.74. The number of rotatable bonds is 5. The third kappa shape index (κ3) is 4.96. The van der Waals surface area contributed by atoms with E-state index in [9.17, 15) is 4.79 Å². The molecule has 1 aliphatic rings. The molecule has 0 aromatic carbocycles. The normalized spacial score (nSPS) is 16.5. The summed E-state index contributed by atoms with van der Waals surface area (Å²) in [7, 11) is 0. The Bertz CT molecular complexity index is 183. The van der Waals surface area contributed by atoms with Crippen LogP contribution >= 0.6 is 0 Å². The minimum atomic E-state index is -0.0466. The van der Waals surface area contributed by atoms with E-state index in [1.165, 1.54) is 0 Å². The maximum absolute atomic E-state index is 11.5. The molecule has 15 heavy (non-hydrogen) atoms. The van der Waals surface area contributed by atoms with Gasteiger partial charge in [0.05, 0.1) is 26.4 Å². The molecule has 88 valence electrons. The summed E-state index contributed by atoms with van der Waals surface area (Å²) < 4.78 is 10.3. The first-order valence-electron chi connectivity index (χ1n) is 5.23. The van der Waals surface area contributed by atoms with Crippen molar-refractivity contribution in [1.29, 1.82) is 0 Å². The average molecular weight is 217 g/mol. The van der Waals surface area contributed by atoms with Gasteiger partial charge in [0.15, 0.2) is 0 Å². The lowest BCUT2D eigenvalue weighted by atomic mass is 10.4. The second-order valence-electron chi connectivity index (χ2n) is 3.23. The number of nitrogens with zero attached hydrogens (tertiary/aromatic N) is 1. The van der Waals surface area contributed by atoms with E-state index in [0.29, 0.717) is 52.6 Å². The molecule has 0 radical (unpaired) electrons. The number of hydrogen-bond donors (Lipinski definition) is 2. The predicted octanol–water partition coefficient (Wildman–Crippen LogP) is -0.996. The van der Waals surface area contributed by atoms with E-state index >= 15 is 0 Å². The van der Waals surface area contributed by atoms with E-state index in [2.05, 4.69) is 5.32 Å². The SMILES string of the molecule is NCCOCCNC(=O)N1CCOCC1. The molecule has 0 saturated carbocycles. The van der Waals surface area contributed by atoms with Gasteiger partial charge in [-0.25, -0.2) is 4.79 Å². The van der Waals surface area contributed by atoms with Crippen molar-refractivity contribution >= 4 is 6.03 Å². The first kappa shape index (κ1) is 12.2. The van der Waals surface area contributed by atoms with Gasteiger partial charge in [0.1, 0.15) is 0 Å². The first-order valence-corrected chi connectivity index (χ1v) is 5.23. The summed E-state index contributed by atoms with van der Waals surface area (Å²) in [5, 5.41) is 2.78. The van der Waals surface area contributed by atoms with Gasteiger partial charge < -0.3 is 25.4 Å². The molecule has 0 aromatic rings. The van der Waals surface area contributed by atoms with Gasteiger partial charge in [-0.15, -0.1) is 0 Å². The minimum absolute atomic E-state index is 0.0466. The number of ether oxygens (including phenoxy) is 2. The van der Waals surface area contributed by atoms with Crippen LogP contribution < -0.4 is 11.1 Å². The third-order valence-corrected chi connectivity index (χ3v) is 2.08. The van der Waals surface area contributed by atoms with Crippen molar-refractivity contribution in [2.24, 2.45) is 5.73 Å². The van der Waals surface area contributed by atoms with E-state index in [1.807, 2.05) is 0 Å². The Morgan fingerprint density at radius 3 is 2.80 bits per heavy atom. The van der Waals surface area contributed by atoms with Crippen LogP contribution in [0.25, 0.3) is 0 Å². The fraction of sp³-hybridized carbons (Fsp3) is 0.889. The quantitative estimate of drug-likeness (QED) is 0.579. The summed E-state index contributed by atoms with van der Waals surface area (Å²) in [6.45, 7) is 4.65. The number of hydrogen-bond acceptors (Lipinski definition) is 4. The molecular weight excluding hydrogens is 198 g/mol. The largest absolute Gasteiger partial charge is 0.378 e. The van der Waals surface area contributed by atoms with E-state index in [-0.39, 0.29) is 6.03 Å². The fourth-order valence-corrected chi connectivity index (χ4v) is 1.29. The smallest absolute Gasteiger partial charge is 0.317 e. The fourth-order valence-electron chi connectivity index (χ4n) is 1.29. The number of morpholine rings is 1. The molecule has 1 fully saturated rings. The predicted molar refractivity (Wildman–Crippen MR) is 55.7 cm³/mol. The van der Waals surface area contributed by atoms with Crippen LogP contribution in [0.5, 0.6) is 0 Å². The second-order valence-corrected chi connectivity index (χ2v) is 3.23. The minimum Gasteiger partial charge on any atom is -0.378 e. The van der Waals surface area contributed by atoms with E-state index in [4.69, 9.17) is 15.2 Å². The molecule has 2 amide bonds. The summed E-state index contributed by atoms with van der Waals surface area (Å²) in [6, 6.07) is -0.0466. The molecular formula is C9H19N3O3. The van der Waals surface area contributed by atoms with Crippen LogP contribution in [0.15, 0.2) is 0 Å². The van der Waals surface area contributed by atoms with Crippen LogP contribution in [0.2, 0.25) is 0 Å². The first-order chi connectivity index (χ1) is 7.34. The van der Waals surface area contributed by atoms with E-state index in [0.717, 1.165) is 0 Å². The topological polar surface area (TPSA) is 76.8 Å². The highest BCUT2D eigenvalue weighted by Crippen LogP contribution is 1.96. The number of carbonyl (C=O) groups is 1. The zero-order chi connectivity index (χ0) is 10.9. The lowest BCUT2D eigenvalue weighted by Gasteiger charge is -2.26. The van der Waals surface area contributed by atoms with Gasteiger partial charge in [-0.05, 0) is 0 Å². The van der Waals surface area contributed by atoms with Gasteiger partial charge in [-0.2, -0.15) is 0 Å². The van der Waals surface area contributed by atoms with Crippen LogP contribution in [-0.4, -0.2) is 63.5 Å². The summed E-state index contributed by atoms with van der Waals surface area (Å²) in [5.74, 6) is 0. The lowest BCUT2D eigenvalue weighted by molar-refractivity contribution is 0.0524. The molecule has 6 heteroatoms. The van der Waals surface area contributed by atoms with Crippen LogP contribution in [0, 0.1) is 0 Å². The van der Waals surface area contributed by atoms with Crippen molar-refractivity contribution in [2.75, 3.05) is 52.6 Å². The highest BCUT2D eigenvalue weighted by Gasteiger charge is 2.15. The summed E-state index contributed by atoms with van der Waals surface area (Å²) >= 11 is 0. The Labute approximate surface area is 89.7 Å². The molecule has 1 heterocycles. The van der Waals surface area contributed by atoms with Crippen molar-refractivity contribution in [3.8, 4) is 0 Å². The Balaban J connectivity index is 2.02. The molecule has 6 nitrogen and oxygen atoms in total. The maximum atomic E-state index is 11.5. The summed E-state index contributed by atoms with van der Waals surface area (Å²) in [4.78, 5) is 13.3. The van der Waals surface area contributed by atoms with Gasteiger partial charge in [0.2, 0.25) is 0 Å². The van der Waals surface area contributed by atoms with Gasteiger partial charge in [0.25, 0.3) is 0 Å². The van der Waals surface area contributed by atoms with Crippen LogP contribution in [0.4, 0.5) is 4.79 Å². The van der Waals surface area contributed by atoms with Crippen molar-refractivity contribution < 1.29 is 14.3 Å². The maximum Gasteiger partial charge on any atom is 0.317 e. The van der Waals surface area contributed by atoms with Crippen molar-refractivity contribution in [1.82, 2.24) is 10.2 Å². The Morgan fingerprint density at radius 2 is 2.13 bits per heavy atom. The average Bonchev–Trinajstić information content (AvgIpc) is 2.30. The van der Waals surface area contributed by atoms with Crippen LogP contribution in [-0.2, 0) is 9.47 Å². The number of carbonyl (C=O) groups excluding carboxylic acids is 1. The third-order valence-electron chi connectivity index (χ3n) is 2.08. The second kappa shape index (κ2) is 7.44. The molecule has 1 rings (SSSR count). The monoisotopic (exact) mass is 217 g/mol. The lowest BCUT2D eigenvalue weighted by Crippen LogP contribution is -2.46. The van der Waals surface area contributed by atoms with Gasteiger partial charge in [-0.3, -0.25) is 0 Å². The molecule has 1 aliphatic heterocycles. The standard InChI is InChI=1S/C9H19N3O3/c10-1-5-14-6-2-11-9(13)12-3-7-15-8-4-12/h1-8,10H2,(H,11,13). The zero-order valence-electron chi connectivity index (χ0n) is 8.91.